The summed E-state index contributed by atoms with van der Waals surface area (Å²) >= 11 is 0. The van der Waals surface area contributed by atoms with Crippen LogP contribution in [0.25, 0.3) is 0 Å². The summed E-state index contributed by atoms with van der Waals surface area (Å²) in [5.74, 6) is -6.06. The van der Waals surface area contributed by atoms with Crippen LogP contribution in [-0.2, 0) is 38.0 Å². The molecule has 0 radical (unpaired) electrons. The van der Waals surface area contributed by atoms with Gasteiger partial charge >= 0.3 is 12.1 Å². The van der Waals surface area contributed by atoms with E-state index in [0.717, 1.165) is 5.57 Å². The van der Waals surface area contributed by atoms with E-state index in [9.17, 15) is 35.1 Å². The highest BCUT2D eigenvalue weighted by Crippen LogP contribution is 2.42. The van der Waals surface area contributed by atoms with Crippen molar-refractivity contribution >= 4 is 12.1 Å². The molecule has 2 saturated heterocycles. The van der Waals surface area contributed by atoms with Gasteiger partial charge in [0.15, 0.2) is 18.2 Å². The summed E-state index contributed by atoms with van der Waals surface area (Å²) in [7, 11) is 2.80. The topological polar surface area (TPSA) is 226 Å². The lowest BCUT2D eigenvalue weighted by Crippen LogP contribution is -2.59. The van der Waals surface area contributed by atoms with E-state index in [-0.39, 0.29) is 36.4 Å². The molecule has 0 aromatic heterocycles. The van der Waals surface area contributed by atoms with Crippen molar-refractivity contribution in [3.8, 4) is 0 Å². The monoisotopic (exact) mass is 852 g/mol. The van der Waals surface area contributed by atoms with Crippen molar-refractivity contribution in [1.29, 1.82) is 0 Å². The molecule has 1 amide bonds. The number of rotatable bonds is 10. The summed E-state index contributed by atoms with van der Waals surface area (Å²) in [5, 5.41) is 57.6. The van der Waals surface area contributed by atoms with Gasteiger partial charge in [-0.3, -0.25) is 0 Å². The second kappa shape index (κ2) is 22.8. The molecule has 0 spiro atoms. The number of hydrogen-bond acceptors (Lipinski definition) is 14. The maximum absolute atomic E-state index is 13.9. The van der Waals surface area contributed by atoms with Gasteiger partial charge in [0.2, 0.25) is 5.76 Å². The third-order valence-electron chi connectivity index (χ3n) is 12.5. The van der Waals surface area contributed by atoms with E-state index in [0.29, 0.717) is 12.0 Å². The minimum atomic E-state index is -1.97. The van der Waals surface area contributed by atoms with Crippen LogP contribution in [0.5, 0.6) is 0 Å². The molecule has 60 heavy (non-hydrogen) atoms. The first-order valence-electron chi connectivity index (χ1n) is 21.1. The highest BCUT2D eigenvalue weighted by atomic mass is 16.7. The number of carbonyl (C=O) groups is 2. The lowest BCUT2D eigenvalue weighted by Gasteiger charge is -2.49. The molecule has 342 valence electrons. The summed E-state index contributed by atoms with van der Waals surface area (Å²) < 4.78 is 41.3. The largest absolute Gasteiger partial charge is 0.490 e. The number of cyclic esters (lactones) is 1. The quantitative estimate of drug-likeness (QED) is 0.131. The van der Waals surface area contributed by atoms with Gasteiger partial charge in [-0.15, -0.1) is 0 Å². The van der Waals surface area contributed by atoms with Crippen molar-refractivity contribution in [2.24, 2.45) is 41.2 Å². The summed E-state index contributed by atoms with van der Waals surface area (Å²) in [5.41, 5.74) is 6.76. The number of aliphatic hydroxyl groups excluding tert-OH is 4. The number of methoxy groups -OCH3 is 2. The number of allylic oxidation sites excluding steroid dienone is 6. The molecule has 3 rings (SSSR count). The number of amides is 1. The SMILES string of the molecule is C/C=C/[C@H]1O[C@@](O)([C@@H](C)[C@H](O)[C@H](C)[C@@H]2OC(=O)/C(OC)=C/C(C)=C/[C@@H](C)[C@@H](O)[C@@H](C)[C@@H](O)[C@H](C)CC(C)=CC=C[C@@H]2OC)C[C@@H](O[C@H]2C[C@@H](O)[C@H](OC(N)=O)[C@@H](C)O2)[C@@H]1C. The molecule has 7 N–H and O–H groups in total. The van der Waals surface area contributed by atoms with Crippen molar-refractivity contribution in [3.05, 3.63) is 59.4 Å². The number of esters is 1. The third kappa shape index (κ3) is 13.2. The summed E-state index contributed by atoms with van der Waals surface area (Å²) in [6, 6.07) is 0. The van der Waals surface area contributed by atoms with Crippen LogP contribution in [0.15, 0.2) is 59.4 Å². The molecule has 2 fully saturated rings. The smallest absolute Gasteiger partial charge is 0.404 e. The van der Waals surface area contributed by atoms with Crippen LogP contribution in [0.2, 0.25) is 0 Å². The highest BCUT2D eigenvalue weighted by molar-refractivity contribution is 5.87. The molecule has 0 unspecified atom stereocenters. The minimum Gasteiger partial charge on any atom is -0.490 e. The van der Waals surface area contributed by atoms with Gasteiger partial charge in [-0.1, -0.05) is 89.1 Å². The van der Waals surface area contributed by atoms with Crippen molar-refractivity contribution in [3.63, 3.8) is 0 Å². The van der Waals surface area contributed by atoms with Crippen LogP contribution in [0.1, 0.15) is 88.5 Å². The van der Waals surface area contributed by atoms with E-state index in [1.807, 2.05) is 47.6 Å². The Hall–Kier alpha value is -3.12. The normalized spacial score (nSPS) is 41.3. The second-order valence-electron chi connectivity index (χ2n) is 17.3. The van der Waals surface area contributed by atoms with Crippen molar-refractivity contribution in [1.82, 2.24) is 0 Å². The number of primary amides is 1. The third-order valence-corrected chi connectivity index (χ3v) is 12.5. The molecule has 0 aromatic carbocycles. The van der Waals surface area contributed by atoms with Crippen LogP contribution < -0.4 is 5.73 Å². The number of hydrogen-bond donors (Lipinski definition) is 6. The number of carbonyl (C=O) groups excluding carboxylic acids is 2. The van der Waals surface area contributed by atoms with Crippen LogP contribution in [0, 0.1) is 35.5 Å². The Kier molecular flexibility index (Phi) is 19.5. The predicted molar refractivity (Wildman–Crippen MR) is 224 cm³/mol. The van der Waals surface area contributed by atoms with E-state index in [4.69, 9.17) is 38.9 Å². The zero-order valence-corrected chi connectivity index (χ0v) is 37.5. The lowest BCUT2D eigenvalue weighted by molar-refractivity contribution is -0.338. The summed E-state index contributed by atoms with van der Waals surface area (Å²) in [4.78, 5) is 25.3. The zero-order chi connectivity index (χ0) is 45.2. The fourth-order valence-electron chi connectivity index (χ4n) is 8.64. The number of nitrogens with two attached hydrogens (primary N) is 1. The lowest BCUT2D eigenvalue weighted by atomic mass is 9.77. The fraction of sp³-hybridized carbons (Fsp3) is 0.733. The molecule has 3 heterocycles. The first kappa shape index (κ1) is 51.2. The van der Waals surface area contributed by atoms with Gasteiger partial charge in [0.25, 0.3) is 0 Å². The van der Waals surface area contributed by atoms with Crippen LogP contribution in [0.3, 0.4) is 0 Å². The molecular weight excluding hydrogens is 778 g/mol. The van der Waals surface area contributed by atoms with Gasteiger partial charge in [-0.2, -0.15) is 0 Å². The molecule has 15 heteroatoms. The molecule has 15 nitrogen and oxygen atoms in total. The van der Waals surface area contributed by atoms with E-state index in [2.05, 4.69) is 0 Å². The van der Waals surface area contributed by atoms with Crippen molar-refractivity contribution in [2.45, 2.75) is 162 Å². The fourth-order valence-corrected chi connectivity index (χ4v) is 8.64. The number of ether oxygens (including phenoxy) is 7. The molecule has 3 aliphatic rings. The van der Waals surface area contributed by atoms with Gasteiger partial charge in [0.1, 0.15) is 12.2 Å². The minimum absolute atomic E-state index is 0.0314. The van der Waals surface area contributed by atoms with Gasteiger partial charge in [-0.25, -0.2) is 9.59 Å². The van der Waals surface area contributed by atoms with Gasteiger partial charge < -0.3 is 64.4 Å². The molecule has 0 bridgehead atoms. The predicted octanol–water partition coefficient (Wildman–Crippen LogP) is 4.59. The second-order valence-corrected chi connectivity index (χ2v) is 17.3. The highest BCUT2D eigenvalue weighted by Gasteiger charge is 2.52. The summed E-state index contributed by atoms with van der Waals surface area (Å²) in [6.07, 6.45) is 1.54. The Morgan fingerprint density at radius 3 is 2.30 bits per heavy atom. The van der Waals surface area contributed by atoms with Crippen molar-refractivity contribution < 1.29 is 68.3 Å². The Labute approximate surface area is 356 Å². The molecule has 0 saturated carbocycles. The van der Waals surface area contributed by atoms with E-state index in [1.54, 1.807) is 58.1 Å². The zero-order valence-electron chi connectivity index (χ0n) is 37.5. The molecule has 0 aromatic rings. The molecule has 0 aliphatic carbocycles. The molecular formula is C45H73NO14. The maximum Gasteiger partial charge on any atom is 0.404 e. The van der Waals surface area contributed by atoms with Crippen LogP contribution >= 0.6 is 0 Å². The number of aliphatic hydroxyl groups is 5. The van der Waals surface area contributed by atoms with Crippen molar-refractivity contribution in [2.75, 3.05) is 14.2 Å². The average Bonchev–Trinajstić information content (AvgIpc) is 3.18. The standard InChI is InChI=1S/C45H73NO14/c1-13-15-33-27(6)36(57-37-21-32(47)42(31(10)56-37)59-44(46)52)22-45(53,60-33)30(9)40(50)29(8)41-34(54-11)17-14-16-23(2)18-25(4)38(48)28(7)39(49)26(5)19-24(3)20-35(55-12)43(51)58-41/h13-17,19-20,25-34,36-42,47-50,53H,18,21-22H2,1-12H3,(H2,46,52)/b15-13+,17-14?,23-16?,24-19+,35-20-/t25-,26-,27-,28+,29+,30+,31-,32-,33-,34+,36-,37+,38+,39-,40-,41+,42-,45-/m1/s1. The van der Waals surface area contributed by atoms with E-state index >= 15 is 0 Å². The van der Waals surface area contributed by atoms with E-state index < -0.39 is 103 Å². The molecule has 3 aliphatic heterocycles. The van der Waals surface area contributed by atoms with Gasteiger partial charge in [-0.05, 0) is 46.1 Å². The Bertz CT molecular complexity index is 1550. The molecule has 18 atom stereocenters. The van der Waals surface area contributed by atoms with Gasteiger partial charge in [0, 0.05) is 49.5 Å². The van der Waals surface area contributed by atoms with Gasteiger partial charge in [0.05, 0.1) is 49.8 Å². The van der Waals surface area contributed by atoms with Crippen LogP contribution in [0.4, 0.5) is 4.79 Å². The Morgan fingerprint density at radius 2 is 1.72 bits per heavy atom. The first-order chi connectivity index (χ1) is 28.1. The summed E-state index contributed by atoms with van der Waals surface area (Å²) in [6.45, 7) is 18.0. The maximum atomic E-state index is 13.9. The van der Waals surface area contributed by atoms with Crippen LogP contribution in [-0.4, -0.2) is 125 Å². The first-order valence-corrected chi connectivity index (χ1v) is 21.1. The van der Waals surface area contributed by atoms with E-state index in [1.165, 1.54) is 20.3 Å². The average molecular weight is 852 g/mol. The Balaban J connectivity index is 1.99. The Morgan fingerprint density at radius 1 is 1.05 bits per heavy atom.